The number of pyridine rings is 1. The van der Waals surface area contributed by atoms with Crippen LogP contribution in [-0.4, -0.2) is 42.3 Å². The molecule has 1 aromatic carbocycles. The van der Waals surface area contributed by atoms with E-state index in [1.807, 2.05) is 0 Å². The molecule has 1 aliphatic heterocycles. The van der Waals surface area contributed by atoms with Crippen LogP contribution in [0.4, 0.5) is 13.2 Å². The van der Waals surface area contributed by atoms with E-state index < -0.39 is 33.2 Å². The number of benzene rings is 1. The second kappa shape index (κ2) is 10.8. The van der Waals surface area contributed by atoms with Gasteiger partial charge in [-0.25, -0.2) is 8.42 Å². The van der Waals surface area contributed by atoms with Crippen molar-refractivity contribution in [3.05, 3.63) is 86.6 Å². The Balaban J connectivity index is 1.33. The molecule has 13 heteroatoms. The van der Waals surface area contributed by atoms with Gasteiger partial charge in [0.2, 0.25) is 0 Å². The van der Waals surface area contributed by atoms with E-state index in [0.29, 0.717) is 37.4 Å². The Kier molecular flexibility index (Phi) is 7.88. The number of aromatic nitrogens is 1. The molecule has 37 heavy (non-hydrogen) atoms. The van der Waals surface area contributed by atoms with Gasteiger partial charge < -0.3 is 15.6 Å². The van der Waals surface area contributed by atoms with Crippen LogP contribution in [0.15, 0.2) is 63.7 Å². The third-order valence-electron chi connectivity index (χ3n) is 6.17. The van der Waals surface area contributed by atoms with E-state index in [2.05, 4.69) is 5.32 Å². The molecular weight excluding hydrogens is 529 g/mol. The average molecular weight is 555 g/mol. The molecule has 3 N–H and O–H groups in total. The molecule has 3 aromatic rings. The van der Waals surface area contributed by atoms with Gasteiger partial charge in [-0.15, -0.1) is 11.3 Å². The first-order chi connectivity index (χ1) is 17.4. The SMILES string of the molecule is NC(=O)c1cccn(Cc2ccc(S(=O)(=O)N3CCC(NCc4ccc(C(F)(F)F)cc4)CC3)s2)c1=O. The minimum atomic E-state index is -4.37. The molecule has 0 aliphatic carbocycles. The normalized spacial score (nSPS) is 15.6. The highest BCUT2D eigenvalue weighted by Gasteiger charge is 2.31. The van der Waals surface area contributed by atoms with Gasteiger partial charge in [0.25, 0.3) is 21.5 Å². The van der Waals surface area contributed by atoms with Crippen LogP contribution in [0.5, 0.6) is 0 Å². The highest BCUT2D eigenvalue weighted by molar-refractivity contribution is 7.91. The summed E-state index contributed by atoms with van der Waals surface area (Å²) in [6.45, 7) is 1.11. The van der Waals surface area contributed by atoms with Crippen LogP contribution in [0, 0.1) is 0 Å². The average Bonchev–Trinajstić information content (AvgIpc) is 3.33. The summed E-state index contributed by atoms with van der Waals surface area (Å²) in [6.07, 6.45) is -1.74. The number of nitrogens with one attached hydrogen (secondary N) is 1. The molecule has 198 valence electrons. The number of rotatable bonds is 8. The molecule has 0 radical (unpaired) electrons. The molecule has 0 atom stereocenters. The van der Waals surface area contributed by atoms with Gasteiger partial charge >= 0.3 is 6.18 Å². The summed E-state index contributed by atoms with van der Waals surface area (Å²) in [7, 11) is -3.72. The van der Waals surface area contributed by atoms with E-state index >= 15 is 0 Å². The number of carbonyl (C=O) groups excluding carboxylic acids is 1. The van der Waals surface area contributed by atoms with Crippen molar-refractivity contribution in [3.8, 4) is 0 Å². The summed E-state index contributed by atoms with van der Waals surface area (Å²) in [5.74, 6) is -0.828. The fraction of sp³-hybridized carbons (Fsp3) is 0.333. The number of halogens is 3. The van der Waals surface area contributed by atoms with Crippen LogP contribution >= 0.6 is 11.3 Å². The van der Waals surface area contributed by atoms with Gasteiger partial charge in [-0.2, -0.15) is 17.5 Å². The number of amides is 1. The Hall–Kier alpha value is -3.00. The Morgan fingerprint density at radius 1 is 1.08 bits per heavy atom. The third-order valence-corrected chi connectivity index (χ3v) is 9.61. The standard InChI is InChI=1S/C24H25F3N4O4S2/c25-24(26,27)17-5-3-16(4-6-17)14-29-18-9-12-31(13-10-18)37(34,35)21-8-7-19(36-21)15-30-11-1-2-20(22(28)32)23(30)33/h1-8,11,18,29H,9-10,12-15H2,(H2,28,32). The number of hydrogen-bond donors (Lipinski definition) is 2. The van der Waals surface area contributed by atoms with Crippen molar-refractivity contribution in [1.29, 1.82) is 0 Å². The summed E-state index contributed by atoms with van der Waals surface area (Å²) in [5.41, 5.74) is 4.56. The van der Waals surface area contributed by atoms with Crippen molar-refractivity contribution < 1.29 is 26.4 Å². The Labute approximate surface area is 215 Å². The first kappa shape index (κ1) is 27.0. The molecular formula is C24H25F3N4O4S2. The number of sulfonamides is 1. The molecule has 0 saturated carbocycles. The van der Waals surface area contributed by atoms with Crippen molar-refractivity contribution in [1.82, 2.24) is 14.2 Å². The van der Waals surface area contributed by atoms with E-state index in [4.69, 9.17) is 5.73 Å². The monoisotopic (exact) mass is 554 g/mol. The van der Waals surface area contributed by atoms with E-state index in [9.17, 15) is 31.2 Å². The van der Waals surface area contributed by atoms with Crippen molar-refractivity contribution in [2.24, 2.45) is 5.73 Å². The van der Waals surface area contributed by atoms with Crippen molar-refractivity contribution in [2.75, 3.05) is 13.1 Å². The number of alkyl halides is 3. The molecule has 0 unspecified atom stereocenters. The van der Waals surface area contributed by atoms with Crippen LogP contribution < -0.4 is 16.6 Å². The van der Waals surface area contributed by atoms with Gasteiger partial charge in [0, 0.05) is 36.8 Å². The lowest BCUT2D eigenvalue weighted by atomic mass is 10.1. The highest BCUT2D eigenvalue weighted by Crippen LogP contribution is 2.30. The Morgan fingerprint density at radius 2 is 1.76 bits per heavy atom. The van der Waals surface area contributed by atoms with Crippen LogP contribution in [0.1, 0.15) is 39.2 Å². The molecule has 1 saturated heterocycles. The topological polar surface area (TPSA) is 114 Å². The largest absolute Gasteiger partial charge is 0.416 e. The van der Waals surface area contributed by atoms with Gasteiger partial charge in [0.1, 0.15) is 9.77 Å². The first-order valence-corrected chi connectivity index (χ1v) is 13.7. The maximum Gasteiger partial charge on any atom is 0.416 e. The second-order valence-electron chi connectivity index (χ2n) is 8.69. The van der Waals surface area contributed by atoms with Gasteiger partial charge in [-0.05, 0) is 54.8 Å². The molecule has 0 bridgehead atoms. The zero-order valence-corrected chi connectivity index (χ0v) is 21.2. The fourth-order valence-electron chi connectivity index (χ4n) is 4.10. The zero-order valence-electron chi connectivity index (χ0n) is 19.6. The maximum absolute atomic E-state index is 13.2. The lowest BCUT2D eigenvalue weighted by molar-refractivity contribution is -0.137. The number of nitrogens with two attached hydrogens (primary N) is 1. The van der Waals surface area contributed by atoms with E-state index in [-0.39, 0.29) is 22.4 Å². The van der Waals surface area contributed by atoms with Gasteiger partial charge in [-0.1, -0.05) is 12.1 Å². The summed E-state index contributed by atoms with van der Waals surface area (Å²) < 4.78 is 67.3. The second-order valence-corrected chi connectivity index (χ2v) is 12.0. The highest BCUT2D eigenvalue weighted by atomic mass is 32.2. The smallest absolute Gasteiger partial charge is 0.365 e. The number of primary amides is 1. The molecule has 4 rings (SSSR count). The van der Waals surface area contributed by atoms with Crippen LogP contribution in [0.3, 0.4) is 0 Å². The van der Waals surface area contributed by atoms with Crippen LogP contribution in [-0.2, 0) is 29.3 Å². The molecule has 1 amide bonds. The number of thiophene rings is 1. The maximum atomic E-state index is 13.2. The molecule has 8 nitrogen and oxygen atoms in total. The predicted octanol–water partition coefficient (Wildman–Crippen LogP) is 3.02. The minimum Gasteiger partial charge on any atom is -0.365 e. The van der Waals surface area contributed by atoms with Crippen molar-refractivity contribution >= 4 is 27.3 Å². The van der Waals surface area contributed by atoms with E-state index in [0.717, 1.165) is 29.0 Å². The first-order valence-electron chi connectivity index (χ1n) is 11.4. The number of hydrogen-bond acceptors (Lipinski definition) is 6. The number of piperidine rings is 1. The van der Waals surface area contributed by atoms with Crippen molar-refractivity contribution in [3.63, 3.8) is 0 Å². The van der Waals surface area contributed by atoms with Crippen LogP contribution in [0.25, 0.3) is 0 Å². The van der Waals surface area contributed by atoms with Crippen LogP contribution in [0.2, 0.25) is 0 Å². The van der Waals surface area contributed by atoms with Gasteiger partial charge in [0.05, 0.1) is 12.1 Å². The van der Waals surface area contributed by atoms with Gasteiger partial charge in [0.15, 0.2) is 0 Å². The van der Waals surface area contributed by atoms with Crippen molar-refractivity contribution in [2.45, 2.75) is 42.4 Å². The summed E-state index contributed by atoms with van der Waals surface area (Å²) in [5, 5.41) is 3.29. The molecule has 1 aliphatic rings. The lowest BCUT2D eigenvalue weighted by Crippen LogP contribution is -2.44. The molecule has 0 spiro atoms. The van der Waals surface area contributed by atoms with E-state index in [1.165, 1.54) is 45.4 Å². The molecule has 1 fully saturated rings. The number of carbonyl (C=O) groups is 1. The molecule has 3 heterocycles. The van der Waals surface area contributed by atoms with E-state index in [1.54, 1.807) is 6.07 Å². The minimum absolute atomic E-state index is 0.0389. The molecule has 2 aromatic heterocycles. The third kappa shape index (κ3) is 6.29. The summed E-state index contributed by atoms with van der Waals surface area (Å²) in [4.78, 5) is 24.4. The Bertz CT molecular complexity index is 1430. The zero-order chi connectivity index (χ0) is 26.8. The summed E-state index contributed by atoms with van der Waals surface area (Å²) >= 11 is 1.06. The van der Waals surface area contributed by atoms with Gasteiger partial charge in [-0.3, -0.25) is 9.59 Å². The number of nitrogens with zero attached hydrogens (tertiary/aromatic N) is 2. The lowest BCUT2D eigenvalue weighted by Gasteiger charge is -2.31. The quantitative estimate of drug-likeness (QED) is 0.444. The Morgan fingerprint density at radius 3 is 2.38 bits per heavy atom. The predicted molar refractivity (Wildman–Crippen MR) is 133 cm³/mol. The summed E-state index contributed by atoms with van der Waals surface area (Å²) in [6, 6.07) is 11.0. The fourth-order valence-corrected chi connectivity index (χ4v) is 7.08.